The molecule has 1 atom stereocenters. The summed E-state index contributed by atoms with van der Waals surface area (Å²) < 4.78 is 10.6. The number of fused-ring (bicyclic) bond motifs is 1. The van der Waals surface area contributed by atoms with Gasteiger partial charge in [0.15, 0.2) is 11.5 Å². The maximum atomic E-state index is 12.6. The van der Waals surface area contributed by atoms with E-state index in [1.54, 1.807) is 12.1 Å². The second kappa shape index (κ2) is 8.44. The fourth-order valence-corrected chi connectivity index (χ4v) is 2.71. The highest BCUT2D eigenvalue weighted by Gasteiger charge is 2.24. The van der Waals surface area contributed by atoms with Crippen molar-refractivity contribution in [1.82, 2.24) is 10.6 Å². The van der Waals surface area contributed by atoms with E-state index in [1.807, 2.05) is 50.2 Å². The number of carbonyl (C=O) groups is 2. The van der Waals surface area contributed by atoms with Gasteiger partial charge in [-0.05, 0) is 35.7 Å². The van der Waals surface area contributed by atoms with Gasteiger partial charge in [-0.15, -0.1) is 0 Å². The Hall–Kier alpha value is -3.22. The average Bonchev–Trinajstić information content (AvgIpc) is 3.12. The number of urea groups is 1. The maximum Gasteiger partial charge on any atom is 0.319 e. The average molecular weight is 369 g/mol. The number of benzene rings is 2. The molecule has 0 bridgehead atoms. The van der Waals surface area contributed by atoms with E-state index in [2.05, 4.69) is 16.0 Å². The first kappa shape index (κ1) is 18.6. The number of ether oxygens (including phenoxy) is 2. The van der Waals surface area contributed by atoms with E-state index in [4.69, 9.17) is 9.47 Å². The zero-order chi connectivity index (χ0) is 19.2. The van der Waals surface area contributed by atoms with Gasteiger partial charge < -0.3 is 25.4 Å². The molecular weight excluding hydrogens is 346 g/mol. The minimum Gasteiger partial charge on any atom is -0.454 e. The highest BCUT2D eigenvalue weighted by molar-refractivity contribution is 5.93. The minimum absolute atomic E-state index is 0.0664. The molecule has 0 spiro atoms. The van der Waals surface area contributed by atoms with E-state index < -0.39 is 12.1 Å². The summed E-state index contributed by atoms with van der Waals surface area (Å²) in [6.07, 6.45) is 0. The van der Waals surface area contributed by atoms with Gasteiger partial charge in [-0.2, -0.15) is 0 Å². The van der Waals surface area contributed by atoms with Gasteiger partial charge in [-0.3, -0.25) is 4.79 Å². The molecule has 3 N–H and O–H groups in total. The lowest BCUT2D eigenvalue weighted by molar-refractivity contribution is -0.124. The van der Waals surface area contributed by atoms with Crippen molar-refractivity contribution in [1.29, 1.82) is 0 Å². The largest absolute Gasteiger partial charge is 0.454 e. The van der Waals surface area contributed by atoms with Crippen molar-refractivity contribution in [2.24, 2.45) is 5.92 Å². The molecule has 1 aliphatic rings. The van der Waals surface area contributed by atoms with Gasteiger partial charge in [0.05, 0.1) is 0 Å². The van der Waals surface area contributed by atoms with Crippen LogP contribution >= 0.6 is 0 Å². The quantitative estimate of drug-likeness (QED) is 0.730. The van der Waals surface area contributed by atoms with Gasteiger partial charge in [0.1, 0.15) is 6.04 Å². The van der Waals surface area contributed by atoms with Crippen molar-refractivity contribution in [2.75, 3.05) is 12.1 Å². The molecule has 0 saturated carbocycles. The van der Waals surface area contributed by atoms with Crippen LogP contribution in [0.3, 0.4) is 0 Å². The number of amides is 3. The maximum absolute atomic E-state index is 12.6. The van der Waals surface area contributed by atoms with Gasteiger partial charge >= 0.3 is 6.03 Å². The first-order valence-electron chi connectivity index (χ1n) is 8.82. The Morgan fingerprint density at radius 3 is 2.52 bits per heavy atom. The monoisotopic (exact) mass is 369 g/mol. The van der Waals surface area contributed by atoms with Crippen LogP contribution in [0.1, 0.15) is 19.4 Å². The van der Waals surface area contributed by atoms with E-state index >= 15 is 0 Å². The molecule has 7 heteroatoms. The molecule has 1 heterocycles. The molecule has 2 aromatic rings. The molecule has 2 aromatic carbocycles. The first-order valence-corrected chi connectivity index (χ1v) is 8.82. The summed E-state index contributed by atoms with van der Waals surface area (Å²) in [6, 6.07) is 13.5. The molecule has 0 saturated heterocycles. The molecule has 0 radical (unpaired) electrons. The van der Waals surface area contributed by atoms with Crippen LogP contribution in [0.25, 0.3) is 0 Å². The number of nitrogens with one attached hydrogen (secondary N) is 3. The van der Waals surface area contributed by atoms with Crippen molar-refractivity contribution in [2.45, 2.75) is 26.4 Å². The highest BCUT2D eigenvalue weighted by Crippen LogP contribution is 2.32. The van der Waals surface area contributed by atoms with Crippen molar-refractivity contribution in [3.8, 4) is 11.5 Å². The summed E-state index contributed by atoms with van der Waals surface area (Å²) >= 11 is 0. The molecule has 0 unspecified atom stereocenters. The van der Waals surface area contributed by atoms with Gasteiger partial charge in [-0.1, -0.05) is 38.1 Å². The van der Waals surface area contributed by atoms with E-state index in [0.29, 0.717) is 23.7 Å². The van der Waals surface area contributed by atoms with Crippen molar-refractivity contribution >= 4 is 17.6 Å². The van der Waals surface area contributed by atoms with Gasteiger partial charge in [-0.25, -0.2) is 4.79 Å². The van der Waals surface area contributed by atoms with Crippen LogP contribution in [0.5, 0.6) is 11.5 Å². The first-order chi connectivity index (χ1) is 13.0. The Balaban J connectivity index is 1.55. The fourth-order valence-electron chi connectivity index (χ4n) is 2.71. The topological polar surface area (TPSA) is 88.7 Å². The molecule has 142 valence electrons. The number of carbonyl (C=O) groups excluding carboxylic acids is 2. The molecule has 0 fully saturated rings. The Kier molecular flexibility index (Phi) is 5.80. The summed E-state index contributed by atoms with van der Waals surface area (Å²) in [5.74, 6) is 1.06. The van der Waals surface area contributed by atoms with Crippen LogP contribution in [0.2, 0.25) is 0 Å². The highest BCUT2D eigenvalue weighted by atomic mass is 16.7. The zero-order valence-corrected chi connectivity index (χ0v) is 15.3. The van der Waals surface area contributed by atoms with Crippen LogP contribution in [-0.4, -0.2) is 24.8 Å². The molecule has 7 nitrogen and oxygen atoms in total. The molecule has 3 amide bonds. The van der Waals surface area contributed by atoms with Gasteiger partial charge in [0.25, 0.3) is 0 Å². The van der Waals surface area contributed by atoms with Crippen molar-refractivity contribution in [3.63, 3.8) is 0 Å². The molecular formula is C20H23N3O4. The summed E-state index contributed by atoms with van der Waals surface area (Å²) in [7, 11) is 0. The number of para-hydroxylation sites is 1. The number of hydrogen-bond donors (Lipinski definition) is 3. The Morgan fingerprint density at radius 2 is 1.78 bits per heavy atom. The summed E-state index contributed by atoms with van der Waals surface area (Å²) in [5.41, 5.74) is 1.56. The normalized spacial score (nSPS) is 13.1. The van der Waals surface area contributed by atoms with Crippen molar-refractivity contribution < 1.29 is 19.1 Å². The number of rotatable bonds is 6. The summed E-state index contributed by atoms with van der Waals surface area (Å²) in [4.78, 5) is 24.8. The van der Waals surface area contributed by atoms with Crippen LogP contribution < -0.4 is 25.4 Å². The number of hydrogen-bond acceptors (Lipinski definition) is 4. The van der Waals surface area contributed by atoms with E-state index in [0.717, 1.165) is 5.56 Å². The van der Waals surface area contributed by atoms with Crippen LogP contribution in [0.15, 0.2) is 48.5 Å². The molecule has 3 rings (SSSR count). The SMILES string of the molecule is CC(C)[C@@H](NC(=O)Nc1ccccc1)C(=O)NCc1ccc2c(c1)OCO2. The lowest BCUT2D eigenvalue weighted by Gasteiger charge is -2.22. The van der Waals surface area contributed by atoms with E-state index in [1.165, 1.54) is 0 Å². The van der Waals surface area contributed by atoms with Crippen molar-refractivity contribution in [3.05, 3.63) is 54.1 Å². The lowest BCUT2D eigenvalue weighted by atomic mass is 10.0. The Labute approximate surface area is 158 Å². The third-order valence-electron chi connectivity index (χ3n) is 4.17. The predicted octanol–water partition coefficient (Wildman–Crippen LogP) is 2.88. The Bertz CT molecular complexity index is 808. The molecule has 27 heavy (non-hydrogen) atoms. The standard InChI is InChI=1S/C20H23N3O4/c1-13(2)18(23-20(25)22-15-6-4-3-5-7-15)19(24)21-11-14-8-9-16-17(10-14)27-12-26-16/h3-10,13,18H,11-12H2,1-2H3,(H,21,24)(H2,22,23,25)/t18-/m1/s1. The van der Waals surface area contributed by atoms with Crippen LogP contribution in [0.4, 0.5) is 10.5 Å². The number of anilines is 1. The smallest absolute Gasteiger partial charge is 0.319 e. The fraction of sp³-hybridized carbons (Fsp3) is 0.300. The predicted molar refractivity (Wildman–Crippen MR) is 102 cm³/mol. The van der Waals surface area contributed by atoms with E-state index in [-0.39, 0.29) is 18.6 Å². The van der Waals surface area contributed by atoms with E-state index in [9.17, 15) is 9.59 Å². The summed E-state index contributed by atoms with van der Waals surface area (Å²) in [6.45, 7) is 4.31. The van der Waals surface area contributed by atoms with Gasteiger partial charge in [0, 0.05) is 12.2 Å². The molecule has 1 aliphatic heterocycles. The summed E-state index contributed by atoms with van der Waals surface area (Å²) in [5, 5.41) is 8.32. The van der Waals surface area contributed by atoms with Crippen LogP contribution in [0, 0.1) is 5.92 Å². The lowest BCUT2D eigenvalue weighted by Crippen LogP contribution is -2.50. The van der Waals surface area contributed by atoms with Crippen LogP contribution in [-0.2, 0) is 11.3 Å². The second-order valence-corrected chi connectivity index (χ2v) is 6.59. The third-order valence-corrected chi connectivity index (χ3v) is 4.17. The second-order valence-electron chi connectivity index (χ2n) is 6.59. The zero-order valence-electron chi connectivity index (χ0n) is 15.3. The molecule has 0 aromatic heterocycles. The third kappa shape index (κ3) is 4.91. The Morgan fingerprint density at radius 1 is 1.04 bits per heavy atom. The minimum atomic E-state index is -0.650. The molecule has 0 aliphatic carbocycles. The van der Waals surface area contributed by atoms with Gasteiger partial charge in [0.2, 0.25) is 12.7 Å².